The maximum absolute atomic E-state index is 12.8. The number of hydrogen-bond acceptors (Lipinski definition) is 6. The molecule has 2 aliphatic heterocycles. The average Bonchev–Trinajstić information content (AvgIpc) is 3.11. The minimum atomic E-state index is 0.260. The van der Waals surface area contributed by atoms with Crippen LogP contribution < -0.4 is 0 Å². The van der Waals surface area contributed by atoms with Gasteiger partial charge in [-0.3, -0.25) is 14.6 Å². The third kappa shape index (κ3) is 3.91. The van der Waals surface area contributed by atoms with Gasteiger partial charge in [-0.25, -0.2) is 14.6 Å². The van der Waals surface area contributed by atoms with E-state index in [2.05, 4.69) is 24.9 Å². The van der Waals surface area contributed by atoms with E-state index in [1.807, 2.05) is 18.0 Å². The zero-order valence-electron chi connectivity index (χ0n) is 17.1. The Labute approximate surface area is 171 Å². The van der Waals surface area contributed by atoms with Crippen molar-refractivity contribution >= 4 is 5.91 Å². The Morgan fingerprint density at radius 3 is 2.55 bits per heavy atom. The number of aromatic nitrogens is 4. The Bertz CT molecular complexity index is 866. The lowest BCUT2D eigenvalue weighted by atomic mass is 9.91. The van der Waals surface area contributed by atoms with E-state index < -0.39 is 0 Å². The number of amides is 1. The Kier molecular flexibility index (Phi) is 5.05. The SMILES string of the molecule is Cc1cnc(-n2cc3c(n2)CCN(CC(=O)N2CCN(C4CCC4)CC2)C3)nc1. The summed E-state index contributed by atoms with van der Waals surface area (Å²) < 4.78 is 1.76. The summed E-state index contributed by atoms with van der Waals surface area (Å²) in [7, 11) is 0. The van der Waals surface area contributed by atoms with E-state index in [0.717, 1.165) is 63.0 Å². The summed E-state index contributed by atoms with van der Waals surface area (Å²) in [4.78, 5) is 28.4. The molecule has 0 atom stereocenters. The Hall–Kier alpha value is -2.32. The molecule has 3 aliphatic rings. The van der Waals surface area contributed by atoms with Crippen LogP contribution >= 0.6 is 0 Å². The second-order valence-corrected chi connectivity index (χ2v) is 8.57. The van der Waals surface area contributed by atoms with E-state index in [1.165, 1.54) is 24.8 Å². The normalized spacial score (nSPS) is 21.1. The molecule has 5 rings (SSSR count). The van der Waals surface area contributed by atoms with Gasteiger partial charge in [0.1, 0.15) is 0 Å². The van der Waals surface area contributed by atoms with Crippen molar-refractivity contribution < 1.29 is 4.79 Å². The lowest BCUT2D eigenvalue weighted by Gasteiger charge is -2.43. The van der Waals surface area contributed by atoms with Gasteiger partial charge in [-0.1, -0.05) is 6.42 Å². The molecule has 2 aromatic rings. The van der Waals surface area contributed by atoms with Crippen molar-refractivity contribution in [2.75, 3.05) is 39.3 Å². The van der Waals surface area contributed by atoms with Crippen molar-refractivity contribution in [1.82, 2.24) is 34.4 Å². The van der Waals surface area contributed by atoms with Crippen LogP contribution in [0.15, 0.2) is 18.6 Å². The highest BCUT2D eigenvalue weighted by Gasteiger charge is 2.30. The van der Waals surface area contributed by atoms with Gasteiger partial charge in [-0.15, -0.1) is 0 Å². The van der Waals surface area contributed by atoms with E-state index >= 15 is 0 Å². The van der Waals surface area contributed by atoms with Gasteiger partial charge >= 0.3 is 0 Å². The van der Waals surface area contributed by atoms with Crippen LogP contribution in [0.25, 0.3) is 5.95 Å². The molecule has 0 radical (unpaired) electrons. The quantitative estimate of drug-likeness (QED) is 0.770. The minimum absolute atomic E-state index is 0.260. The molecule has 2 fully saturated rings. The fourth-order valence-corrected chi connectivity index (χ4v) is 4.49. The van der Waals surface area contributed by atoms with E-state index in [0.29, 0.717) is 12.5 Å². The van der Waals surface area contributed by atoms with Gasteiger partial charge in [-0.2, -0.15) is 5.10 Å². The molecule has 1 aliphatic carbocycles. The molecule has 0 spiro atoms. The zero-order chi connectivity index (χ0) is 19.8. The Balaban J connectivity index is 1.17. The molecule has 4 heterocycles. The van der Waals surface area contributed by atoms with E-state index in [1.54, 1.807) is 17.1 Å². The maximum Gasteiger partial charge on any atom is 0.250 e. The minimum Gasteiger partial charge on any atom is -0.339 e. The van der Waals surface area contributed by atoms with Gasteiger partial charge in [0.2, 0.25) is 11.9 Å². The fraction of sp³-hybridized carbons (Fsp3) is 0.619. The first-order chi connectivity index (χ1) is 14.2. The summed E-state index contributed by atoms with van der Waals surface area (Å²) in [5, 5.41) is 4.66. The topological polar surface area (TPSA) is 70.4 Å². The van der Waals surface area contributed by atoms with Crippen molar-refractivity contribution in [3.63, 3.8) is 0 Å². The molecule has 0 N–H and O–H groups in total. The number of piperazine rings is 1. The van der Waals surface area contributed by atoms with Crippen LogP contribution in [0.2, 0.25) is 0 Å². The number of carbonyl (C=O) groups excluding carboxylic acids is 1. The Morgan fingerprint density at radius 2 is 1.86 bits per heavy atom. The molecule has 0 aromatic carbocycles. The molecule has 0 bridgehead atoms. The van der Waals surface area contributed by atoms with Gasteiger partial charge in [0.15, 0.2) is 0 Å². The van der Waals surface area contributed by atoms with Crippen LogP contribution in [-0.2, 0) is 17.8 Å². The second-order valence-electron chi connectivity index (χ2n) is 8.57. The first-order valence-corrected chi connectivity index (χ1v) is 10.8. The summed E-state index contributed by atoms with van der Waals surface area (Å²) in [6.45, 7) is 7.90. The highest BCUT2D eigenvalue weighted by Crippen LogP contribution is 2.25. The van der Waals surface area contributed by atoms with Crippen molar-refractivity contribution in [2.24, 2.45) is 0 Å². The van der Waals surface area contributed by atoms with Crippen LogP contribution in [0.5, 0.6) is 0 Å². The molecule has 154 valence electrons. The van der Waals surface area contributed by atoms with Crippen LogP contribution in [0.1, 0.15) is 36.1 Å². The first-order valence-electron chi connectivity index (χ1n) is 10.8. The van der Waals surface area contributed by atoms with Gasteiger partial charge in [-0.05, 0) is 25.3 Å². The second kappa shape index (κ2) is 7.84. The van der Waals surface area contributed by atoms with Crippen molar-refractivity contribution in [2.45, 2.75) is 45.2 Å². The van der Waals surface area contributed by atoms with Crippen LogP contribution in [0.3, 0.4) is 0 Å². The van der Waals surface area contributed by atoms with Crippen molar-refractivity contribution in [1.29, 1.82) is 0 Å². The molecule has 8 nitrogen and oxygen atoms in total. The average molecular weight is 396 g/mol. The standard InChI is InChI=1S/C21H29N7O/c1-16-11-22-21(23-12-16)28-14-17-13-25(6-5-19(17)24-28)15-20(29)27-9-7-26(8-10-27)18-3-2-4-18/h11-12,14,18H,2-10,13,15H2,1H3. The smallest absolute Gasteiger partial charge is 0.250 e. The highest BCUT2D eigenvalue weighted by molar-refractivity contribution is 5.78. The number of carbonyl (C=O) groups is 1. The first kappa shape index (κ1) is 18.7. The fourth-order valence-electron chi connectivity index (χ4n) is 4.49. The number of aryl methyl sites for hydroxylation is 1. The van der Waals surface area contributed by atoms with Gasteiger partial charge in [0.05, 0.1) is 12.2 Å². The number of nitrogens with zero attached hydrogens (tertiary/aromatic N) is 7. The maximum atomic E-state index is 12.8. The third-order valence-electron chi connectivity index (χ3n) is 6.53. The van der Waals surface area contributed by atoms with Crippen molar-refractivity contribution in [3.05, 3.63) is 35.4 Å². The lowest BCUT2D eigenvalue weighted by molar-refractivity contribution is -0.135. The van der Waals surface area contributed by atoms with Gasteiger partial charge < -0.3 is 4.90 Å². The monoisotopic (exact) mass is 395 g/mol. The zero-order valence-corrected chi connectivity index (χ0v) is 17.1. The van der Waals surface area contributed by atoms with E-state index in [4.69, 9.17) is 0 Å². The van der Waals surface area contributed by atoms with E-state index in [9.17, 15) is 4.79 Å². The lowest BCUT2D eigenvalue weighted by Crippen LogP contribution is -2.55. The molecule has 1 saturated heterocycles. The Morgan fingerprint density at radius 1 is 1.10 bits per heavy atom. The molecular weight excluding hydrogens is 366 g/mol. The molecule has 1 saturated carbocycles. The number of hydrogen-bond donors (Lipinski definition) is 0. The van der Waals surface area contributed by atoms with Crippen LogP contribution in [0, 0.1) is 6.92 Å². The largest absolute Gasteiger partial charge is 0.339 e. The summed E-state index contributed by atoms with van der Waals surface area (Å²) >= 11 is 0. The van der Waals surface area contributed by atoms with Gasteiger partial charge in [0, 0.05) is 75.9 Å². The van der Waals surface area contributed by atoms with Crippen LogP contribution in [0.4, 0.5) is 0 Å². The number of fused-ring (bicyclic) bond motifs is 1. The molecule has 8 heteroatoms. The molecule has 29 heavy (non-hydrogen) atoms. The summed E-state index contributed by atoms with van der Waals surface area (Å²) in [6.07, 6.45) is 10.5. The highest BCUT2D eigenvalue weighted by atomic mass is 16.2. The van der Waals surface area contributed by atoms with E-state index in [-0.39, 0.29) is 5.91 Å². The molecular formula is C21H29N7O. The van der Waals surface area contributed by atoms with Crippen LogP contribution in [-0.4, -0.2) is 85.7 Å². The predicted octanol–water partition coefficient (Wildman–Crippen LogP) is 1.03. The predicted molar refractivity (Wildman–Crippen MR) is 109 cm³/mol. The molecule has 1 amide bonds. The number of rotatable bonds is 4. The summed E-state index contributed by atoms with van der Waals surface area (Å²) in [5.41, 5.74) is 3.29. The third-order valence-corrected chi connectivity index (χ3v) is 6.53. The molecule has 0 unspecified atom stereocenters. The van der Waals surface area contributed by atoms with Crippen molar-refractivity contribution in [3.8, 4) is 5.95 Å². The summed E-state index contributed by atoms with van der Waals surface area (Å²) in [6, 6.07) is 0.779. The molecule has 2 aromatic heterocycles. The van der Waals surface area contributed by atoms with Gasteiger partial charge in [0.25, 0.3) is 0 Å². The summed E-state index contributed by atoms with van der Waals surface area (Å²) in [5.74, 6) is 0.855.